The van der Waals surface area contributed by atoms with Crippen LogP contribution < -0.4 is 0 Å². The van der Waals surface area contributed by atoms with Gasteiger partial charge >= 0.3 is 0 Å². The third-order valence-corrected chi connectivity index (χ3v) is 2.99. The summed E-state index contributed by atoms with van der Waals surface area (Å²) in [7, 11) is 0. The number of hydrogen-bond acceptors (Lipinski definition) is 0. The van der Waals surface area contributed by atoms with Gasteiger partial charge < -0.3 is 0 Å². The normalized spacial score (nSPS) is 8.36. The zero-order valence-corrected chi connectivity index (χ0v) is 16.8. The van der Waals surface area contributed by atoms with Crippen LogP contribution in [0, 0.1) is 0 Å². The lowest BCUT2D eigenvalue weighted by molar-refractivity contribution is 0.785. The fourth-order valence-electron chi connectivity index (χ4n) is 2.06. The van der Waals surface area contributed by atoms with Gasteiger partial charge in [-0.1, -0.05) is 85.6 Å². The van der Waals surface area contributed by atoms with Crippen LogP contribution in [0.3, 0.4) is 0 Å². The first-order valence-electron chi connectivity index (χ1n) is 9.41. The summed E-state index contributed by atoms with van der Waals surface area (Å²) in [6, 6.07) is 7.07. The second kappa shape index (κ2) is 22.2. The summed E-state index contributed by atoms with van der Waals surface area (Å²) in [4.78, 5) is 0. The van der Waals surface area contributed by atoms with Gasteiger partial charge in [0.25, 0.3) is 0 Å². The second-order valence-corrected chi connectivity index (χ2v) is 4.72. The fourth-order valence-corrected chi connectivity index (χ4v) is 2.06. The molecule has 0 spiro atoms. The van der Waals surface area contributed by atoms with Gasteiger partial charge in [0, 0.05) is 0 Å². The smallest absolute Gasteiger partial charge is 0.0276 e. The molecule has 22 heavy (non-hydrogen) atoms. The van der Waals surface area contributed by atoms with Gasteiger partial charge in [0.05, 0.1) is 0 Å². The molecule has 0 aliphatic heterocycles. The molecule has 0 saturated carbocycles. The van der Waals surface area contributed by atoms with Crippen LogP contribution in [0.2, 0.25) is 0 Å². The topological polar surface area (TPSA) is 0 Å². The van der Waals surface area contributed by atoms with Crippen molar-refractivity contribution < 1.29 is 0 Å². The van der Waals surface area contributed by atoms with Gasteiger partial charge in [-0.15, -0.1) is 6.58 Å². The lowest BCUT2D eigenvalue weighted by Crippen LogP contribution is -1.95. The fraction of sp³-hybridized carbons (Fsp3) is 0.636. The highest BCUT2D eigenvalue weighted by atomic mass is 14.1. The molecule has 0 heteroatoms. The van der Waals surface area contributed by atoms with E-state index in [1.807, 2.05) is 34.6 Å². The Morgan fingerprint density at radius 1 is 0.864 bits per heavy atom. The van der Waals surface area contributed by atoms with Crippen molar-refractivity contribution in [1.82, 2.24) is 0 Å². The lowest BCUT2D eigenvalue weighted by atomic mass is 9.96. The largest absolute Gasteiger partial charge is 0.103 e. The first-order chi connectivity index (χ1) is 10.7. The molecule has 1 rings (SSSR count). The highest BCUT2D eigenvalue weighted by molar-refractivity contribution is 5.32. The zero-order valence-electron chi connectivity index (χ0n) is 16.8. The van der Waals surface area contributed by atoms with E-state index in [1.165, 1.54) is 44.1 Å². The molecule has 0 aliphatic rings. The van der Waals surface area contributed by atoms with Crippen LogP contribution in [0.15, 0.2) is 30.9 Å². The molecular formula is C22H42. The third kappa shape index (κ3) is 13.9. The van der Waals surface area contributed by atoms with Gasteiger partial charge in [-0.2, -0.15) is 0 Å². The number of allylic oxidation sites excluding steroid dienone is 1. The van der Waals surface area contributed by atoms with Crippen molar-refractivity contribution in [2.24, 2.45) is 0 Å². The number of rotatable bonds is 6. The predicted octanol–water partition coefficient (Wildman–Crippen LogP) is 7.79. The van der Waals surface area contributed by atoms with E-state index < -0.39 is 0 Å². The molecule has 0 saturated heterocycles. The molecule has 0 amide bonds. The Bertz CT molecular complexity index is 323. The summed E-state index contributed by atoms with van der Waals surface area (Å²) in [6.45, 7) is 20.0. The Morgan fingerprint density at radius 2 is 1.41 bits per heavy atom. The van der Waals surface area contributed by atoms with E-state index in [4.69, 9.17) is 0 Å². The number of aryl methyl sites for hydroxylation is 3. The highest BCUT2D eigenvalue weighted by Crippen LogP contribution is 2.16. The SMILES string of the molecule is C=CC.CC.CC.CCCCc1ccc(CCC)cc1CC. The highest BCUT2D eigenvalue weighted by Gasteiger charge is 2.01. The molecule has 1 aromatic carbocycles. The lowest BCUT2D eigenvalue weighted by Gasteiger charge is -2.09. The number of unbranched alkanes of at least 4 members (excludes halogenated alkanes) is 1. The minimum atomic E-state index is 1.18. The van der Waals surface area contributed by atoms with Crippen molar-refractivity contribution >= 4 is 0 Å². The van der Waals surface area contributed by atoms with Crippen LogP contribution in [-0.4, -0.2) is 0 Å². The summed E-state index contributed by atoms with van der Waals surface area (Å²) < 4.78 is 0. The van der Waals surface area contributed by atoms with E-state index in [1.54, 1.807) is 17.2 Å². The van der Waals surface area contributed by atoms with Crippen LogP contribution in [0.4, 0.5) is 0 Å². The minimum absolute atomic E-state index is 1.18. The van der Waals surface area contributed by atoms with E-state index in [9.17, 15) is 0 Å². The van der Waals surface area contributed by atoms with Crippen molar-refractivity contribution in [3.8, 4) is 0 Å². The van der Waals surface area contributed by atoms with Crippen molar-refractivity contribution in [1.29, 1.82) is 0 Å². The molecule has 0 atom stereocenters. The molecule has 0 N–H and O–H groups in total. The molecule has 0 unspecified atom stereocenters. The molecule has 0 heterocycles. The van der Waals surface area contributed by atoms with E-state index in [0.717, 1.165) is 0 Å². The van der Waals surface area contributed by atoms with Gasteiger partial charge in [0.15, 0.2) is 0 Å². The van der Waals surface area contributed by atoms with Crippen LogP contribution in [0.5, 0.6) is 0 Å². The van der Waals surface area contributed by atoms with E-state index in [-0.39, 0.29) is 0 Å². The summed E-state index contributed by atoms with van der Waals surface area (Å²) in [5.41, 5.74) is 4.64. The summed E-state index contributed by atoms with van der Waals surface area (Å²) in [5, 5.41) is 0. The first-order valence-corrected chi connectivity index (χ1v) is 9.41. The Balaban J connectivity index is -0.000000446. The van der Waals surface area contributed by atoms with Crippen LogP contribution in [0.1, 0.15) is 91.3 Å². The maximum absolute atomic E-state index is 3.36. The van der Waals surface area contributed by atoms with Crippen molar-refractivity contribution in [3.63, 3.8) is 0 Å². The van der Waals surface area contributed by atoms with Gasteiger partial charge in [-0.3, -0.25) is 0 Å². The average molecular weight is 307 g/mol. The van der Waals surface area contributed by atoms with E-state index in [2.05, 4.69) is 45.5 Å². The van der Waals surface area contributed by atoms with Crippen molar-refractivity contribution in [2.75, 3.05) is 0 Å². The Kier molecular flexibility index (Phi) is 26.2. The summed E-state index contributed by atoms with van der Waals surface area (Å²) in [6.07, 6.45) is 9.27. The molecule has 1 aromatic rings. The second-order valence-electron chi connectivity index (χ2n) is 4.72. The predicted molar refractivity (Wildman–Crippen MR) is 107 cm³/mol. The maximum Gasteiger partial charge on any atom is -0.0276 e. The Morgan fingerprint density at radius 3 is 1.82 bits per heavy atom. The summed E-state index contributed by atoms with van der Waals surface area (Å²) >= 11 is 0. The van der Waals surface area contributed by atoms with Crippen LogP contribution >= 0.6 is 0 Å². The van der Waals surface area contributed by atoms with Gasteiger partial charge in [-0.05, 0) is 49.3 Å². The Hall–Kier alpha value is -1.04. The van der Waals surface area contributed by atoms with Crippen molar-refractivity contribution in [3.05, 3.63) is 47.5 Å². The third-order valence-electron chi connectivity index (χ3n) is 2.99. The minimum Gasteiger partial charge on any atom is -0.103 e. The van der Waals surface area contributed by atoms with Gasteiger partial charge in [0.1, 0.15) is 0 Å². The quantitative estimate of drug-likeness (QED) is 0.470. The first kappa shape index (κ1) is 25.9. The standard InChI is InChI=1S/C15H24.C3H6.2C2H6/c1-4-7-9-15-11-10-13(8-5-2)12-14(15)6-3;1-3-2;2*1-2/h10-12H,4-9H2,1-3H3;3H,1H2,2H3;2*1-2H3. The molecule has 0 aliphatic carbocycles. The van der Waals surface area contributed by atoms with Crippen LogP contribution in [-0.2, 0) is 19.3 Å². The molecule has 130 valence electrons. The van der Waals surface area contributed by atoms with Crippen LogP contribution in [0.25, 0.3) is 0 Å². The molecule has 0 radical (unpaired) electrons. The molecular weight excluding hydrogens is 264 g/mol. The molecule has 0 aromatic heterocycles. The van der Waals surface area contributed by atoms with Gasteiger partial charge in [-0.25, -0.2) is 0 Å². The number of benzene rings is 1. The molecule has 0 fully saturated rings. The zero-order chi connectivity index (χ0) is 17.8. The molecule has 0 nitrogen and oxygen atoms in total. The Labute approximate surface area is 142 Å². The maximum atomic E-state index is 3.36. The monoisotopic (exact) mass is 306 g/mol. The van der Waals surface area contributed by atoms with E-state index in [0.29, 0.717) is 0 Å². The van der Waals surface area contributed by atoms with Gasteiger partial charge in [0.2, 0.25) is 0 Å². The van der Waals surface area contributed by atoms with Crippen molar-refractivity contribution in [2.45, 2.75) is 93.9 Å². The number of hydrogen-bond donors (Lipinski definition) is 0. The summed E-state index contributed by atoms with van der Waals surface area (Å²) in [5.74, 6) is 0. The van der Waals surface area contributed by atoms with E-state index >= 15 is 0 Å². The average Bonchev–Trinajstić information content (AvgIpc) is 2.58. The molecule has 0 bridgehead atoms.